The summed E-state index contributed by atoms with van der Waals surface area (Å²) in [4.78, 5) is 14.8. The van der Waals surface area contributed by atoms with Gasteiger partial charge in [0.25, 0.3) is 5.91 Å². The third kappa shape index (κ3) is 4.71. The van der Waals surface area contributed by atoms with E-state index in [1.807, 2.05) is 38.1 Å². The molecule has 0 aliphatic heterocycles. The Bertz CT molecular complexity index is 842. The molecule has 2 aromatic rings. The topological polar surface area (TPSA) is 57.7 Å². The zero-order chi connectivity index (χ0) is 19.3. The number of benzene rings is 2. The van der Waals surface area contributed by atoms with Crippen molar-refractivity contribution in [3.8, 4) is 0 Å². The van der Waals surface area contributed by atoms with Crippen LogP contribution in [0, 0.1) is 6.92 Å². The molecule has 0 spiro atoms. The fourth-order valence-electron chi connectivity index (χ4n) is 2.60. The van der Waals surface area contributed by atoms with Gasteiger partial charge in [0.15, 0.2) is 0 Å². The minimum absolute atomic E-state index is 0.0961. The standard InChI is InChI=1S/C20H26N2O3S/c1-5-14-22(15-17-8-6-16(2)7-9-17)20(23)18-10-12-19(13-11-18)26(24,25)21(3)4/h6-13H,5,14-15H2,1-4H3. The minimum atomic E-state index is -3.49. The molecule has 0 saturated carbocycles. The molecule has 0 atom stereocenters. The molecule has 6 heteroatoms. The molecule has 0 N–H and O–H groups in total. The molecular weight excluding hydrogens is 348 g/mol. The number of nitrogens with zero attached hydrogens (tertiary/aromatic N) is 2. The van der Waals surface area contributed by atoms with E-state index in [-0.39, 0.29) is 10.8 Å². The van der Waals surface area contributed by atoms with Crippen molar-refractivity contribution in [3.63, 3.8) is 0 Å². The van der Waals surface area contributed by atoms with E-state index in [2.05, 4.69) is 0 Å². The van der Waals surface area contributed by atoms with E-state index in [0.717, 1.165) is 16.3 Å². The van der Waals surface area contributed by atoms with Gasteiger partial charge in [0.1, 0.15) is 0 Å². The Balaban J connectivity index is 2.21. The smallest absolute Gasteiger partial charge is 0.254 e. The Labute approximate surface area is 156 Å². The molecule has 0 bridgehead atoms. The van der Waals surface area contributed by atoms with Gasteiger partial charge in [-0.1, -0.05) is 36.8 Å². The van der Waals surface area contributed by atoms with Crippen LogP contribution in [0.15, 0.2) is 53.4 Å². The summed E-state index contributed by atoms with van der Waals surface area (Å²) >= 11 is 0. The third-order valence-electron chi connectivity index (χ3n) is 4.15. The molecule has 0 aromatic heterocycles. The molecule has 0 aliphatic carbocycles. The molecule has 2 aromatic carbocycles. The fraction of sp³-hybridized carbons (Fsp3) is 0.350. The Morgan fingerprint density at radius 1 is 0.962 bits per heavy atom. The lowest BCUT2D eigenvalue weighted by atomic mass is 10.1. The van der Waals surface area contributed by atoms with E-state index in [4.69, 9.17) is 0 Å². The largest absolute Gasteiger partial charge is 0.334 e. The van der Waals surface area contributed by atoms with E-state index in [1.54, 1.807) is 17.0 Å². The monoisotopic (exact) mass is 374 g/mol. The van der Waals surface area contributed by atoms with Crippen LogP contribution in [0.25, 0.3) is 0 Å². The van der Waals surface area contributed by atoms with Crippen LogP contribution in [-0.2, 0) is 16.6 Å². The molecule has 2 rings (SSSR count). The van der Waals surface area contributed by atoms with Crippen LogP contribution in [-0.4, -0.2) is 44.2 Å². The number of aryl methyl sites for hydroxylation is 1. The van der Waals surface area contributed by atoms with E-state index < -0.39 is 10.0 Å². The lowest BCUT2D eigenvalue weighted by Gasteiger charge is -2.22. The molecule has 0 heterocycles. The minimum Gasteiger partial charge on any atom is -0.334 e. The summed E-state index contributed by atoms with van der Waals surface area (Å²) in [5, 5.41) is 0. The van der Waals surface area contributed by atoms with Gasteiger partial charge in [0.2, 0.25) is 10.0 Å². The normalized spacial score (nSPS) is 11.6. The molecule has 0 aliphatic rings. The molecule has 0 fully saturated rings. The summed E-state index contributed by atoms with van der Waals surface area (Å²) in [5.74, 6) is -0.0961. The average molecular weight is 375 g/mol. The lowest BCUT2D eigenvalue weighted by Crippen LogP contribution is -2.31. The highest BCUT2D eigenvalue weighted by atomic mass is 32.2. The van der Waals surface area contributed by atoms with Crippen molar-refractivity contribution in [2.75, 3.05) is 20.6 Å². The zero-order valence-electron chi connectivity index (χ0n) is 15.8. The van der Waals surface area contributed by atoms with Crippen LogP contribution in [0.5, 0.6) is 0 Å². The van der Waals surface area contributed by atoms with Crippen molar-refractivity contribution in [1.82, 2.24) is 9.21 Å². The molecule has 0 unspecified atom stereocenters. The molecule has 140 valence electrons. The van der Waals surface area contributed by atoms with Crippen LogP contribution >= 0.6 is 0 Å². The maximum atomic E-state index is 12.9. The number of carbonyl (C=O) groups excluding carboxylic acids is 1. The highest BCUT2D eigenvalue weighted by molar-refractivity contribution is 7.89. The number of hydrogen-bond donors (Lipinski definition) is 0. The molecule has 26 heavy (non-hydrogen) atoms. The molecular formula is C20H26N2O3S. The van der Waals surface area contributed by atoms with Crippen LogP contribution < -0.4 is 0 Å². The van der Waals surface area contributed by atoms with Gasteiger partial charge in [-0.25, -0.2) is 12.7 Å². The summed E-state index contributed by atoms with van der Waals surface area (Å²) in [6, 6.07) is 14.2. The summed E-state index contributed by atoms with van der Waals surface area (Å²) in [6.07, 6.45) is 0.852. The lowest BCUT2D eigenvalue weighted by molar-refractivity contribution is 0.0743. The van der Waals surface area contributed by atoms with Crippen LogP contribution in [0.3, 0.4) is 0 Å². The summed E-state index contributed by atoms with van der Waals surface area (Å²) < 4.78 is 25.5. The second-order valence-electron chi connectivity index (χ2n) is 6.52. The van der Waals surface area contributed by atoms with Gasteiger partial charge in [0, 0.05) is 32.7 Å². The van der Waals surface area contributed by atoms with Crippen molar-refractivity contribution in [1.29, 1.82) is 0 Å². The van der Waals surface area contributed by atoms with Gasteiger partial charge in [-0.05, 0) is 43.2 Å². The highest BCUT2D eigenvalue weighted by Gasteiger charge is 2.19. The van der Waals surface area contributed by atoms with E-state index in [9.17, 15) is 13.2 Å². The Morgan fingerprint density at radius 2 is 1.54 bits per heavy atom. The number of sulfonamides is 1. The van der Waals surface area contributed by atoms with Crippen LogP contribution in [0.2, 0.25) is 0 Å². The third-order valence-corrected chi connectivity index (χ3v) is 5.98. The van der Waals surface area contributed by atoms with Gasteiger partial charge in [-0.15, -0.1) is 0 Å². The Kier molecular flexibility index (Phi) is 6.56. The Morgan fingerprint density at radius 3 is 2.04 bits per heavy atom. The quantitative estimate of drug-likeness (QED) is 0.747. The summed E-state index contributed by atoms with van der Waals surface area (Å²) in [5.41, 5.74) is 2.74. The number of amides is 1. The maximum Gasteiger partial charge on any atom is 0.254 e. The first-order valence-corrected chi connectivity index (χ1v) is 10.1. The second-order valence-corrected chi connectivity index (χ2v) is 8.68. The van der Waals surface area contributed by atoms with E-state index >= 15 is 0 Å². The molecule has 5 nitrogen and oxygen atoms in total. The SMILES string of the molecule is CCCN(Cc1ccc(C)cc1)C(=O)c1ccc(S(=O)(=O)N(C)C)cc1. The van der Waals surface area contributed by atoms with Crippen LogP contribution in [0.4, 0.5) is 0 Å². The number of rotatable bonds is 7. The Hall–Kier alpha value is -2.18. The highest BCUT2D eigenvalue weighted by Crippen LogP contribution is 2.16. The van der Waals surface area contributed by atoms with E-state index in [0.29, 0.717) is 18.7 Å². The van der Waals surface area contributed by atoms with Crippen molar-refractivity contribution in [2.24, 2.45) is 0 Å². The average Bonchev–Trinajstić information content (AvgIpc) is 2.62. The maximum absolute atomic E-state index is 12.9. The number of carbonyl (C=O) groups is 1. The van der Waals surface area contributed by atoms with Gasteiger partial charge in [-0.3, -0.25) is 4.79 Å². The first-order chi connectivity index (χ1) is 12.3. The van der Waals surface area contributed by atoms with Crippen molar-refractivity contribution in [3.05, 3.63) is 65.2 Å². The predicted molar refractivity (Wildman–Crippen MR) is 104 cm³/mol. The number of hydrogen-bond acceptors (Lipinski definition) is 3. The molecule has 1 amide bonds. The van der Waals surface area contributed by atoms with Gasteiger partial charge in [0.05, 0.1) is 4.90 Å². The second kappa shape index (κ2) is 8.47. The van der Waals surface area contributed by atoms with Gasteiger partial charge in [-0.2, -0.15) is 0 Å². The van der Waals surface area contributed by atoms with Crippen molar-refractivity contribution in [2.45, 2.75) is 31.7 Å². The molecule has 0 saturated heterocycles. The van der Waals surface area contributed by atoms with Crippen molar-refractivity contribution < 1.29 is 13.2 Å². The van der Waals surface area contributed by atoms with Crippen LogP contribution in [0.1, 0.15) is 34.8 Å². The first-order valence-electron chi connectivity index (χ1n) is 8.63. The van der Waals surface area contributed by atoms with Crippen molar-refractivity contribution >= 4 is 15.9 Å². The molecule has 0 radical (unpaired) electrons. The van der Waals surface area contributed by atoms with E-state index in [1.165, 1.54) is 31.8 Å². The summed E-state index contributed by atoms with van der Waals surface area (Å²) in [6.45, 7) is 5.24. The summed E-state index contributed by atoms with van der Waals surface area (Å²) in [7, 11) is -0.524. The zero-order valence-corrected chi connectivity index (χ0v) is 16.6. The van der Waals surface area contributed by atoms with Gasteiger partial charge >= 0.3 is 0 Å². The predicted octanol–water partition coefficient (Wildman–Crippen LogP) is 3.30. The fourth-order valence-corrected chi connectivity index (χ4v) is 3.50. The first kappa shape index (κ1) is 20.1. The van der Waals surface area contributed by atoms with Gasteiger partial charge < -0.3 is 4.90 Å².